The minimum atomic E-state index is -1.21. The maximum atomic E-state index is 13.4. The monoisotopic (exact) mass is 496 g/mol. The predicted molar refractivity (Wildman–Crippen MR) is 130 cm³/mol. The van der Waals surface area contributed by atoms with Crippen LogP contribution in [-0.4, -0.2) is 72.3 Å². The van der Waals surface area contributed by atoms with Crippen LogP contribution in [0.2, 0.25) is 0 Å². The molecule has 0 bridgehead atoms. The Bertz CT molecular complexity index is 771. The van der Waals surface area contributed by atoms with Gasteiger partial charge in [-0.05, 0) is 44.4 Å². The molecule has 11 heteroatoms. The SMILES string of the molecule is CC(C)C(NC(=O)C1CCCCC1)C(=O)N1CCC[C@H]1C(=O)N[C@@H](CCCNC(=N)N)C(=O)CF. The highest BCUT2D eigenvalue weighted by Gasteiger charge is 2.40. The van der Waals surface area contributed by atoms with Crippen molar-refractivity contribution in [1.29, 1.82) is 5.41 Å². The molecule has 1 heterocycles. The van der Waals surface area contributed by atoms with Crippen molar-refractivity contribution in [1.82, 2.24) is 20.9 Å². The van der Waals surface area contributed by atoms with Crippen molar-refractivity contribution in [2.75, 3.05) is 19.8 Å². The molecular formula is C24H41FN6O4. The summed E-state index contributed by atoms with van der Waals surface area (Å²) in [7, 11) is 0. The molecule has 2 rings (SSSR count). The molecule has 1 saturated heterocycles. The van der Waals surface area contributed by atoms with Gasteiger partial charge in [0.05, 0.1) is 6.04 Å². The lowest BCUT2D eigenvalue weighted by molar-refractivity contribution is -0.143. The number of hydrogen-bond acceptors (Lipinski definition) is 5. The van der Waals surface area contributed by atoms with Crippen LogP contribution in [0.25, 0.3) is 0 Å². The number of carbonyl (C=O) groups excluding carboxylic acids is 4. The Balaban J connectivity index is 2.03. The van der Waals surface area contributed by atoms with Crippen LogP contribution in [0.5, 0.6) is 0 Å². The third-order valence-corrected chi connectivity index (χ3v) is 6.87. The van der Waals surface area contributed by atoms with E-state index in [-0.39, 0.29) is 36.0 Å². The molecule has 1 aliphatic carbocycles. The van der Waals surface area contributed by atoms with Crippen molar-refractivity contribution in [3.05, 3.63) is 0 Å². The van der Waals surface area contributed by atoms with Crippen LogP contribution in [-0.2, 0) is 19.2 Å². The lowest BCUT2D eigenvalue weighted by Crippen LogP contribution is -2.57. The van der Waals surface area contributed by atoms with Crippen LogP contribution < -0.4 is 21.7 Å². The first kappa shape index (κ1) is 28.5. The Kier molecular flexibility index (Phi) is 11.4. The normalized spacial score (nSPS) is 20.2. The molecule has 1 aliphatic heterocycles. The Labute approximate surface area is 206 Å². The van der Waals surface area contributed by atoms with E-state index in [9.17, 15) is 23.6 Å². The number of Topliss-reactive ketones (excluding diaryl/α,β-unsaturated/α-hetero) is 1. The Morgan fingerprint density at radius 2 is 1.71 bits per heavy atom. The minimum absolute atomic E-state index is 0.0829. The summed E-state index contributed by atoms with van der Waals surface area (Å²) in [4.78, 5) is 52.9. The Morgan fingerprint density at radius 3 is 2.31 bits per heavy atom. The van der Waals surface area contributed by atoms with Gasteiger partial charge in [-0.1, -0.05) is 33.1 Å². The van der Waals surface area contributed by atoms with E-state index in [2.05, 4.69) is 16.0 Å². The summed E-state index contributed by atoms with van der Waals surface area (Å²) in [6.45, 7) is 3.20. The standard InChI is InChI=1S/C24H41FN6O4/c1-15(2)20(30-21(33)16-8-4-3-5-9-16)23(35)31-13-7-11-18(31)22(34)29-17(19(32)14-25)10-6-12-28-24(26)27/h15-18,20H,3-14H2,1-2H3,(H,29,34)(H,30,33)(H4,26,27,28)/t17-,18-,20?/m0/s1. The molecule has 0 aromatic rings. The van der Waals surface area contributed by atoms with E-state index in [1.165, 1.54) is 4.90 Å². The number of hydrogen-bond donors (Lipinski definition) is 5. The summed E-state index contributed by atoms with van der Waals surface area (Å²) < 4.78 is 13.1. The Morgan fingerprint density at radius 1 is 1.03 bits per heavy atom. The Hall–Kier alpha value is -2.72. The maximum absolute atomic E-state index is 13.4. The zero-order chi connectivity index (χ0) is 26.0. The number of amides is 3. The van der Waals surface area contributed by atoms with Gasteiger partial charge in [0.2, 0.25) is 17.7 Å². The summed E-state index contributed by atoms with van der Waals surface area (Å²) in [5.74, 6) is -2.10. The molecule has 2 fully saturated rings. The number of halogens is 1. The molecule has 0 aromatic carbocycles. The van der Waals surface area contributed by atoms with Crippen molar-refractivity contribution in [3.8, 4) is 0 Å². The molecule has 0 spiro atoms. The fourth-order valence-electron chi connectivity index (χ4n) is 4.84. The van der Waals surface area contributed by atoms with Gasteiger partial charge in [0.25, 0.3) is 0 Å². The number of carbonyl (C=O) groups is 4. The first-order valence-electron chi connectivity index (χ1n) is 12.7. The lowest BCUT2D eigenvalue weighted by atomic mass is 9.88. The first-order valence-corrected chi connectivity index (χ1v) is 12.7. The average molecular weight is 497 g/mol. The van der Waals surface area contributed by atoms with Gasteiger partial charge in [0.15, 0.2) is 11.7 Å². The van der Waals surface area contributed by atoms with Gasteiger partial charge in [-0.2, -0.15) is 0 Å². The van der Waals surface area contributed by atoms with Gasteiger partial charge >= 0.3 is 0 Å². The molecule has 198 valence electrons. The van der Waals surface area contributed by atoms with Crippen molar-refractivity contribution in [3.63, 3.8) is 0 Å². The topological polar surface area (TPSA) is 157 Å². The second-order valence-electron chi connectivity index (χ2n) is 9.90. The number of guanidine groups is 1. The average Bonchev–Trinajstić information content (AvgIpc) is 3.33. The second kappa shape index (κ2) is 14.0. The number of likely N-dealkylation sites (tertiary alicyclic amines) is 1. The molecule has 35 heavy (non-hydrogen) atoms. The van der Waals surface area contributed by atoms with Crippen LogP contribution in [0.1, 0.15) is 71.6 Å². The summed E-state index contributed by atoms with van der Waals surface area (Å²) in [5, 5.41) is 15.3. The van der Waals surface area contributed by atoms with E-state index in [0.717, 1.165) is 32.1 Å². The highest BCUT2D eigenvalue weighted by atomic mass is 19.1. The summed E-state index contributed by atoms with van der Waals surface area (Å²) >= 11 is 0. The van der Waals surface area contributed by atoms with E-state index >= 15 is 0 Å². The molecule has 0 aromatic heterocycles. The van der Waals surface area contributed by atoms with Crippen molar-refractivity contribution in [2.24, 2.45) is 17.6 Å². The van der Waals surface area contributed by atoms with Crippen molar-refractivity contribution < 1.29 is 23.6 Å². The van der Waals surface area contributed by atoms with Gasteiger partial charge in [-0.3, -0.25) is 24.6 Å². The number of ketones is 1. The van der Waals surface area contributed by atoms with Crippen LogP contribution in [0.15, 0.2) is 0 Å². The van der Waals surface area contributed by atoms with Crippen LogP contribution in [0.4, 0.5) is 4.39 Å². The molecule has 0 radical (unpaired) electrons. The quantitative estimate of drug-likeness (QED) is 0.154. The van der Waals surface area contributed by atoms with Crippen LogP contribution >= 0.6 is 0 Å². The summed E-state index contributed by atoms with van der Waals surface area (Å²) in [6, 6.07) is -2.54. The van der Waals surface area contributed by atoms with E-state index < -0.39 is 36.5 Å². The molecule has 10 nitrogen and oxygen atoms in total. The molecular weight excluding hydrogens is 455 g/mol. The van der Waals surface area contributed by atoms with Crippen molar-refractivity contribution >= 4 is 29.5 Å². The van der Waals surface area contributed by atoms with E-state index in [1.807, 2.05) is 13.8 Å². The molecule has 3 atom stereocenters. The van der Waals surface area contributed by atoms with E-state index in [1.54, 1.807) is 0 Å². The highest BCUT2D eigenvalue weighted by molar-refractivity contribution is 5.95. The molecule has 1 unspecified atom stereocenters. The number of alkyl halides is 1. The minimum Gasteiger partial charge on any atom is -0.370 e. The lowest BCUT2D eigenvalue weighted by Gasteiger charge is -2.32. The van der Waals surface area contributed by atoms with Crippen LogP contribution in [0.3, 0.4) is 0 Å². The molecule has 2 aliphatic rings. The number of nitrogens with two attached hydrogens (primary N) is 1. The third-order valence-electron chi connectivity index (χ3n) is 6.87. The number of nitrogens with zero attached hydrogens (tertiary/aromatic N) is 1. The maximum Gasteiger partial charge on any atom is 0.246 e. The fraction of sp³-hybridized carbons (Fsp3) is 0.792. The largest absolute Gasteiger partial charge is 0.370 e. The third kappa shape index (κ3) is 8.47. The smallest absolute Gasteiger partial charge is 0.246 e. The van der Waals surface area contributed by atoms with Crippen molar-refractivity contribution in [2.45, 2.75) is 89.8 Å². The van der Waals surface area contributed by atoms with Gasteiger partial charge in [0, 0.05) is 19.0 Å². The highest BCUT2D eigenvalue weighted by Crippen LogP contribution is 2.25. The van der Waals surface area contributed by atoms with Gasteiger partial charge in [0.1, 0.15) is 18.8 Å². The molecule has 3 amide bonds. The first-order chi connectivity index (χ1) is 16.6. The number of rotatable bonds is 12. The second-order valence-corrected chi connectivity index (χ2v) is 9.90. The van der Waals surface area contributed by atoms with Crippen LogP contribution in [0, 0.1) is 17.2 Å². The summed E-state index contributed by atoms with van der Waals surface area (Å²) in [6.07, 6.45) is 6.42. The zero-order valence-corrected chi connectivity index (χ0v) is 20.9. The molecule has 6 N–H and O–H groups in total. The molecule has 1 saturated carbocycles. The van der Waals surface area contributed by atoms with Gasteiger partial charge < -0.3 is 26.6 Å². The summed E-state index contributed by atoms with van der Waals surface area (Å²) in [5.41, 5.74) is 5.23. The predicted octanol–water partition coefficient (Wildman–Crippen LogP) is 0.985. The fourth-order valence-corrected chi connectivity index (χ4v) is 4.84. The van der Waals surface area contributed by atoms with E-state index in [4.69, 9.17) is 11.1 Å². The number of nitrogens with one attached hydrogen (secondary N) is 4. The van der Waals surface area contributed by atoms with Gasteiger partial charge in [-0.25, -0.2) is 4.39 Å². The zero-order valence-electron chi connectivity index (χ0n) is 20.9. The van der Waals surface area contributed by atoms with E-state index in [0.29, 0.717) is 32.4 Å². The van der Waals surface area contributed by atoms with Gasteiger partial charge in [-0.15, -0.1) is 0 Å².